The highest BCUT2D eigenvalue weighted by Gasteiger charge is 2.24. The summed E-state index contributed by atoms with van der Waals surface area (Å²) >= 11 is 0. The highest BCUT2D eigenvalue weighted by atomic mass is 16.1. The Morgan fingerprint density at radius 2 is 2.33 bits per heavy atom. The van der Waals surface area contributed by atoms with Gasteiger partial charge in [0.05, 0.1) is 6.04 Å². The second-order valence-corrected chi connectivity index (χ2v) is 5.33. The lowest BCUT2D eigenvalue weighted by molar-refractivity contribution is -0.122. The molecule has 0 saturated heterocycles. The molecule has 1 aliphatic rings. The first-order valence-corrected chi connectivity index (χ1v) is 6.77. The summed E-state index contributed by atoms with van der Waals surface area (Å²) in [6.07, 6.45) is 3.67. The van der Waals surface area contributed by atoms with Crippen molar-refractivity contribution < 1.29 is 4.79 Å². The zero-order chi connectivity index (χ0) is 13.1. The summed E-state index contributed by atoms with van der Waals surface area (Å²) in [7, 11) is 0. The Balaban J connectivity index is 1.99. The molecule has 2 unspecified atom stereocenters. The summed E-state index contributed by atoms with van der Waals surface area (Å²) < 4.78 is 0. The van der Waals surface area contributed by atoms with Gasteiger partial charge in [-0.1, -0.05) is 26.3 Å². The molecule has 1 aromatic carbocycles. The van der Waals surface area contributed by atoms with E-state index in [4.69, 9.17) is 5.73 Å². The molecule has 98 valence electrons. The number of carbonyl (C=O) groups is 1. The maximum absolute atomic E-state index is 11.9. The third-order valence-electron chi connectivity index (χ3n) is 3.81. The van der Waals surface area contributed by atoms with Gasteiger partial charge in [0.2, 0.25) is 5.91 Å². The second kappa shape index (κ2) is 5.42. The molecule has 0 saturated carbocycles. The van der Waals surface area contributed by atoms with Gasteiger partial charge in [0.15, 0.2) is 0 Å². The number of anilines is 1. The first-order chi connectivity index (χ1) is 8.60. The number of nitrogens with one attached hydrogen (secondary N) is 1. The van der Waals surface area contributed by atoms with E-state index in [0.29, 0.717) is 12.3 Å². The van der Waals surface area contributed by atoms with Gasteiger partial charge in [-0.3, -0.25) is 4.79 Å². The molecule has 0 spiro atoms. The molecular formula is C15H22N2O. The van der Waals surface area contributed by atoms with E-state index in [0.717, 1.165) is 24.9 Å². The van der Waals surface area contributed by atoms with Crippen LogP contribution in [0, 0.1) is 5.92 Å². The van der Waals surface area contributed by atoms with Crippen molar-refractivity contribution in [2.45, 2.75) is 45.6 Å². The summed E-state index contributed by atoms with van der Waals surface area (Å²) in [6, 6.07) is 6.16. The van der Waals surface area contributed by atoms with E-state index in [1.165, 1.54) is 11.1 Å². The minimum atomic E-state index is 0.166. The molecule has 1 amide bonds. The van der Waals surface area contributed by atoms with Crippen molar-refractivity contribution >= 4 is 11.6 Å². The van der Waals surface area contributed by atoms with E-state index in [-0.39, 0.29) is 11.9 Å². The SMILES string of the molecule is CCC(C)CC(=O)NC1CCc2cc(N)ccc21. The lowest BCUT2D eigenvalue weighted by Gasteiger charge is -2.16. The summed E-state index contributed by atoms with van der Waals surface area (Å²) in [5, 5.41) is 3.14. The number of nitrogens with two attached hydrogens (primary N) is 1. The van der Waals surface area contributed by atoms with E-state index in [9.17, 15) is 4.79 Å². The van der Waals surface area contributed by atoms with Crippen molar-refractivity contribution in [2.24, 2.45) is 5.92 Å². The number of rotatable bonds is 4. The zero-order valence-corrected chi connectivity index (χ0v) is 11.2. The lowest BCUT2D eigenvalue weighted by Crippen LogP contribution is -2.28. The quantitative estimate of drug-likeness (QED) is 0.803. The fourth-order valence-electron chi connectivity index (χ4n) is 2.50. The third-order valence-corrected chi connectivity index (χ3v) is 3.81. The maximum Gasteiger partial charge on any atom is 0.220 e. The van der Waals surface area contributed by atoms with Gasteiger partial charge in [0.25, 0.3) is 0 Å². The van der Waals surface area contributed by atoms with E-state index in [2.05, 4.69) is 19.2 Å². The van der Waals surface area contributed by atoms with Gasteiger partial charge in [-0.05, 0) is 42.0 Å². The largest absolute Gasteiger partial charge is 0.399 e. The highest BCUT2D eigenvalue weighted by Crippen LogP contribution is 2.32. The van der Waals surface area contributed by atoms with Gasteiger partial charge in [-0.15, -0.1) is 0 Å². The molecule has 18 heavy (non-hydrogen) atoms. The van der Waals surface area contributed by atoms with Gasteiger partial charge in [-0.2, -0.15) is 0 Å². The summed E-state index contributed by atoms with van der Waals surface area (Å²) in [4.78, 5) is 11.9. The minimum Gasteiger partial charge on any atom is -0.399 e. The zero-order valence-electron chi connectivity index (χ0n) is 11.2. The Labute approximate surface area is 109 Å². The number of amides is 1. The molecule has 0 aliphatic heterocycles. The molecule has 0 aromatic heterocycles. The number of carbonyl (C=O) groups excluding carboxylic acids is 1. The number of fused-ring (bicyclic) bond motifs is 1. The Bertz CT molecular complexity index is 442. The fourth-order valence-corrected chi connectivity index (χ4v) is 2.50. The topological polar surface area (TPSA) is 55.1 Å². The average molecular weight is 246 g/mol. The maximum atomic E-state index is 11.9. The summed E-state index contributed by atoms with van der Waals surface area (Å²) in [5.74, 6) is 0.622. The predicted octanol–water partition coefficient (Wildman–Crippen LogP) is 2.81. The lowest BCUT2D eigenvalue weighted by atomic mass is 10.0. The number of aryl methyl sites for hydroxylation is 1. The monoisotopic (exact) mass is 246 g/mol. The van der Waals surface area contributed by atoms with Crippen molar-refractivity contribution in [3.63, 3.8) is 0 Å². The van der Waals surface area contributed by atoms with E-state index < -0.39 is 0 Å². The van der Waals surface area contributed by atoms with Crippen LogP contribution in [0.5, 0.6) is 0 Å². The first kappa shape index (κ1) is 12.9. The molecule has 1 aliphatic carbocycles. The van der Waals surface area contributed by atoms with Gasteiger partial charge in [0.1, 0.15) is 0 Å². The van der Waals surface area contributed by atoms with Crippen LogP contribution in [-0.4, -0.2) is 5.91 Å². The Morgan fingerprint density at radius 3 is 3.06 bits per heavy atom. The first-order valence-electron chi connectivity index (χ1n) is 6.77. The Morgan fingerprint density at radius 1 is 1.56 bits per heavy atom. The summed E-state index contributed by atoms with van der Waals surface area (Å²) in [6.45, 7) is 4.23. The average Bonchev–Trinajstić information content (AvgIpc) is 2.71. The van der Waals surface area contributed by atoms with Gasteiger partial charge < -0.3 is 11.1 Å². The molecule has 0 heterocycles. The molecule has 0 radical (unpaired) electrons. The van der Waals surface area contributed by atoms with Crippen LogP contribution in [0.2, 0.25) is 0 Å². The van der Waals surface area contributed by atoms with Gasteiger partial charge in [0, 0.05) is 12.1 Å². The van der Waals surface area contributed by atoms with Crippen LogP contribution in [0.25, 0.3) is 0 Å². The molecule has 3 heteroatoms. The number of benzene rings is 1. The number of nitrogen functional groups attached to an aromatic ring is 1. The predicted molar refractivity (Wildman–Crippen MR) is 74.1 cm³/mol. The van der Waals surface area contributed by atoms with E-state index in [1.54, 1.807) is 0 Å². The Hall–Kier alpha value is -1.51. The van der Waals surface area contributed by atoms with Gasteiger partial charge in [-0.25, -0.2) is 0 Å². The van der Waals surface area contributed by atoms with Crippen molar-refractivity contribution in [3.8, 4) is 0 Å². The molecule has 2 rings (SSSR count). The van der Waals surface area contributed by atoms with E-state index in [1.807, 2.05) is 18.2 Å². The molecule has 2 atom stereocenters. The van der Waals surface area contributed by atoms with Crippen LogP contribution in [0.1, 0.15) is 50.3 Å². The molecule has 0 fully saturated rings. The fraction of sp³-hybridized carbons (Fsp3) is 0.533. The Kier molecular flexibility index (Phi) is 3.90. The minimum absolute atomic E-state index is 0.166. The van der Waals surface area contributed by atoms with Crippen LogP contribution < -0.4 is 11.1 Å². The van der Waals surface area contributed by atoms with E-state index >= 15 is 0 Å². The number of hydrogen-bond donors (Lipinski definition) is 2. The molecule has 1 aromatic rings. The van der Waals surface area contributed by atoms with Crippen LogP contribution in [0.15, 0.2) is 18.2 Å². The second-order valence-electron chi connectivity index (χ2n) is 5.33. The van der Waals surface area contributed by atoms with Crippen molar-refractivity contribution in [1.82, 2.24) is 5.32 Å². The normalized spacial score (nSPS) is 19.3. The van der Waals surface area contributed by atoms with Crippen molar-refractivity contribution in [3.05, 3.63) is 29.3 Å². The molecule has 3 nitrogen and oxygen atoms in total. The molecular weight excluding hydrogens is 224 g/mol. The van der Waals surface area contributed by atoms with Crippen LogP contribution >= 0.6 is 0 Å². The summed E-state index contributed by atoms with van der Waals surface area (Å²) in [5.41, 5.74) is 9.10. The van der Waals surface area contributed by atoms with Crippen LogP contribution in [-0.2, 0) is 11.2 Å². The molecule has 3 N–H and O–H groups in total. The standard InChI is InChI=1S/C15H22N2O/c1-3-10(2)8-15(18)17-14-7-4-11-9-12(16)5-6-13(11)14/h5-6,9-10,14H,3-4,7-8,16H2,1-2H3,(H,17,18). The van der Waals surface area contributed by atoms with Crippen LogP contribution in [0.4, 0.5) is 5.69 Å². The van der Waals surface area contributed by atoms with Crippen LogP contribution in [0.3, 0.4) is 0 Å². The van der Waals surface area contributed by atoms with Crippen molar-refractivity contribution in [1.29, 1.82) is 0 Å². The third kappa shape index (κ3) is 2.84. The highest BCUT2D eigenvalue weighted by molar-refractivity contribution is 5.77. The smallest absolute Gasteiger partial charge is 0.220 e. The molecule has 0 bridgehead atoms. The number of hydrogen-bond acceptors (Lipinski definition) is 2. The van der Waals surface area contributed by atoms with Crippen molar-refractivity contribution in [2.75, 3.05) is 5.73 Å². The van der Waals surface area contributed by atoms with Gasteiger partial charge >= 0.3 is 0 Å².